The average Bonchev–Trinajstić information content (AvgIpc) is 2.86. The molecule has 3 rings (SSSR count). The number of halogens is 1. The van der Waals surface area contributed by atoms with Gasteiger partial charge in [-0.1, -0.05) is 59.8 Å². The number of carbonyl (C=O) groups is 1. The minimum absolute atomic E-state index is 0.0636. The van der Waals surface area contributed by atoms with E-state index in [9.17, 15) is 4.79 Å². The summed E-state index contributed by atoms with van der Waals surface area (Å²) in [5.74, 6) is 0.0636. The largest absolute Gasteiger partial charge is 0.284 e. The van der Waals surface area contributed by atoms with Gasteiger partial charge in [0, 0.05) is 5.02 Å². The van der Waals surface area contributed by atoms with Crippen LogP contribution in [0.3, 0.4) is 0 Å². The lowest BCUT2D eigenvalue weighted by atomic mass is 10.1. The maximum atomic E-state index is 12.5. The number of hydrogen-bond acceptors (Lipinski definition) is 4. The zero-order chi connectivity index (χ0) is 17.8. The van der Waals surface area contributed by atoms with Gasteiger partial charge in [0.2, 0.25) is 5.91 Å². The van der Waals surface area contributed by atoms with Gasteiger partial charge in [0.15, 0.2) is 5.17 Å². The maximum absolute atomic E-state index is 12.5. The summed E-state index contributed by atoms with van der Waals surface area (Å²) in [6, 6.07) is 15.4. The molecule has 0 N–H and O–H groups in total. The minimum atomic E-state index is -0.145. The van der Waals surface area contributed by atoms with E-state index < -0.39 is 0 Å². The summed E-state index contributed by atoms with van der Waals surface area (Å²) in [4.78, 5) is 14.2. The molecule has 4 nitrogen and oxygen atoms in total. The number of amides is 1. The molecule has 0 saturated carbocycles. The van der Waals surface area contributed by atoms with Gasteiger partial charge in [0.1, 0.15) is 0 Å². The van der Waals surface area contributed by atoms with Crippen LogP contribution in [0.5, 0.6) is 0 Å². The maximum Gasteiger partial charge on any atom is 0.242 e. The van der Waals surface area contributed by atoms with Gasteiger partial charge in [-0.3, -0.25) is 9.69 Å². The highest BCUT2D eigenvalue weighted by molar-refractivity contribution is 8.15. The average molecular weight is 372 g/mol. The standard InChI is InChI=1S/C19H18ClN3OS/c1-13-5-3-4-6-16(13)12-23-18(24)14(2)25-19(23)22-21-11-15-7-9-17(20)10-8-15/h3-11,14H,12H2,1-2H3/b21-11-,22-19+/t14-/m0/s1. The van der Waals surface area contributed by atoms with Crippen LogP contribution >= 0.6 is 23.4 Å². The molecule has 2 aromatic rings. The molecule has 0 unspecified atom stereocenters. The molecule has 1 amide bonds. The molecule has 0 bridgehead atoms. The van der Waals surface area contributed by atoms with Crippen molar-refractivity contribution in [3.8, 4) is 0 Å². The van der Waals surface area contributed by atoms with Crippen molar-refractivity contribution in [2.24, 2.45) is 10.2 Å². The molecule has 0 spiro atoms. The third-order valence-electron chi connectivity index (χ3n) is 3.94. The molecule has 128 valence electrons. The third-order valence-corrected chi connectivity index (χ3v) is 5.26. The number of amidine groups is 1. The van der Waals surface area contributed by atoms with Gasteiger partial charge in [0.05, 0.1) is 18.0 Å². The number of carbonyl (C=O) groups excluding carboxylic acids is 1. The molecule has 1 fully saturated rings. The van der Waals surface area contributed by atoms with Crippen molar-refractivity contribution >= 4 is 40.7 Å². The van der Waals surface area contributed by atoms with Crippen LogP contribution in [0, 0.1) is 6.92 Å². The molecule has 0 aliphatic carbocycles. The van der Waals surface area contributed by atoms with Crippen LogP contribution in [0.2, 0.25) is 5.02 Å². The number of hydrogen-bond donors (Lipinski definition) is 0. The summed E-state index contributed by atoms with van der Waals surface area (Å²) in [6.07, 6.45) is 1.66. The first-order valence-corrected chi connectivity index (χ1v) is 9.19. The summed E-state index contributed by atoms with van der Waals surface area (Å²) in [7, 11) is 0. The number of rotatable bonds is 4. The monoisotopic (exact) mass is 371 g/mol. The highest BCUT2D eigenvalue weighted by Crippen LogP contribution is 2.29. The summed E-state index contributed by atoms with van der Waals surface area (Å²) < 4.78 is 0. The van der Waals surface area contributed by atoms with E-state index in [4.69, 9.17) is 11.6 Å². The Bertz CT molecular complexity index is 833. The van der Waals surface area contributed by atoms with Crippen molar-refractivity contribution in [3.05, 3.63) is 70.2 Å². The molecule has 1 heterocycles. The van der Waals surface area contributed by atoms with Crippen LogP contribution < -0.4 is 0 Å². The zero-order valence-electron chi connectivity index (χ0n) is 14.0. The van der Waals surface area contributed by atoms with Crippen molar-refractivity contribution in [1.29, 1.82) is 0 Å². The van der Waals surface area contributed by atoms with Crippen LogP contribution in [0.25, 0.3) is 0 Å². The fourth-order valence-corrected chi connectivity index (χ4v) is 3.51. The number of thioether (sulfide) groups is 1. The second-order valence-corrected chi connectivity index (χ2v) is 7.53. The molecule has 1 atom stereocenters. The SMILES string of the molecule is Cc1ccccc1CN1C(=O)[C@H](C)S/C1=N/N=C\c1ccc(Cl)cc1. The molecular weight excluding hydrogens is 354 g/mol. The number of nitrogens with zero attached hydrogens (tertiary/aromatic N) is 3. The molecule has 0 aromatic heterocycles. The topological polar surface area (TPSA) is 45.0 Å². The van der Waals surface area contributed by atoms with Crippen LogP contribution in [0.15, 0.2) is 58.7 Å². The van der Waals surface area contributed by atoms with E-state index in [1.54, 1.807) is 23.2 Å². The molecular formula is C19H18ClN3OS. The van der Waals surface area contributed by atoms with Crippen molar-refractivity contribution in [1.82, 2.24) is 4.90 Å². The first-order valence-electron chi connectivity index (χ1n) is 7.94. The first-order chi connectivity index (χ1) is 12.0. The Labute approximate surface area is 156 Å². The Morgan fingerprint density at radius 1 is 1.20 bits per heavy atom. The third kappa shape index (κ3) is 4.30. The second kappa shape index (κ2) is 7.85. The van der Waals surface area contributed by atoms with Crippen molar-refractivity contribution in [2.45, 2.75) is 25.6 Å². The van der Waals surface area contributed by atoms with E-state index >= 15 is 0 Å². The number of aryl methyl sites for hydroxylation is 1. The molecule has 0 radical (unpaired) electrons. The second-order valence-electron chi connectivity index (χ2n) is 5.79. The Hall–Kier alpha value is -2.11. The highest BCUT2D eigenvalue weighted by atomic mass is 35.5. The van der Waals surface area contributed by atoms with E-state index in [1.165, 1.54) is 11.8 Å². The van der Waals surface area contributed by atoms with E-state index in [0.29, 0.717) is 16.7 Å². The van der Waals surface area contributed by atoms with Gasteiger partial charge in [0.25, 0.3) is 0 Å². The minimum Gasteiger partial charge on any atom is -0.284 e. The van der Waals surface area contributed by atoms with E-state index in [2.05, 4.69) is 10.2 Å². The van der Waals surface area contributed by atoms with Crippen molar-refractivity contribution < 1.29 is 4.79 Å². The summed E-state index contributed by atoms with van der Waals surface area (Å²) in [5.41, 5.74) is 3.17. The van der Waals surface area contributed by atoms with E-state index in [0.717, 1.165) is 16.7 Å². The van der Waals surface area contributed by atoms with Crippen LogP contribution in [-0.2, 0) is 11.3 Å². The van der Waals surface area contributed by atoms with Gasteiger partial charge < -0.3 is 0 Å². The molecule has 2 aromatic carbocycles. The quantitative estimate of drug-likeness (QED) is 0.586. The lowest BCUT2D eigenvalue weighted by Crippen LogP contribution is -2.31. The van der Waals surface area contributed by atoms with Gasteiger partial charge in [-0.05, 0) is 42.7 Å². The number of benzene rings is 2. The van der Waals surface area contributed by atoms with Crippen LogP contribution in [0.4, 0.5) is 0 Å². The Morgan fingerprint density at radius 2 is 1.92 bits per heavy atom. The summed E-state index contributed by atoms with van der Waals surface area (Å²) in [6.45, 7) is 4.45. The fourth-order valence-electron chi connectivity index (χ4n) is 2.46. The summed E-state index contributed by atoms with van der Waals surface area (Å²) >= 11 is 7.31. The molecule has 1 saturated heterocycles. The molecule has 1 aliphatic rings. The first kappa shape index (κ1) is 17.7. The van der Waals surface area contributed by atoms with E-state index in [1.807, 2.05) is 50.2 Å². The zero-order valence-corrected chi connectivity index (χ0v) is 15.6. The van der Waals surface area contributed by atoms with Crippen molar-refractivity contribution in [2.75, 3.05) is 0 Å². The highest BCUT2D eigenvalue weighted by Gasteiger charge is 2.35. The summed E-state index contributed by atoms with van der Waals surface area (Å²) in [5, 5.41) is 9.58. The predicted molar refractivity (Wildman–Crippen MR) is 105 cm³/mol. The Kier molecular flexibility index (Phi) is 5.56. The van der Waals surface area contributed by atoms with Gasteiger partial charge in [-0.25, -0.2) is 0 Å². The predicted octanol–water partition coefficient (Wildman–Crippen LogP) is 4.50. The van der Waals surface area contributed by atoms with Crippen LogP contribution in [-0.4, -0.2) is 27.4 Å². The molecule has 6 heteroatoms. The van der Waals surface area contributed by atoms with Gasteiger partial charge in [-0.2, -0.15) is 5.10 Å². The smallest absolute Gasteiger partial charge is 0.242 e. The molecule has 25 heavy (non-hydrogen) atoms. The van der Waals surface area contributed by atoms with Gasteiger partial charge >= 0.3 is 0 Å². The Morgan fingerprint density at radius 3 is 2.64 bits per heavy atom. The van der Waals surface area contributed by atoms with Gasteiger partial charge in [-0.15, -0.1) is 5.10 Å². The van der Waals surface area contributed by atoms with Crippen LogP contribution in [0.1, 0.15) is 23.6 Å². The fraction of sp³-hybridized carbons (Fsp3) is 0.211. The van der Waals surface area contributed by atoms with Crippen molar-refractivity contribution in [3.63, 3.8) is 0 Å². The normalized spacial score (nSPS) is 19.3. The molecule has 1 aliphatic heterocycles. The van der Waals surface area contributed by atoms with E-state index in [-0.39, 0.29) is 11.2 Å². The lowest BCUT2D eigenvalue weighted by Gasteiger charge is -2.16. The Balaban J connectivity index is 1.79. The lowest BCUT2D eigenvalue weighted by molar-refractivity contribution is -0.126.